The molecule has 0 bridgehead atoms. The average molecular weight is 242 g/mol. The molecule has 0 spiro atoms. The van der Waals surface area contributed by atoms with E-state index in [0.29, 0.717) is 6.04 Å². The molecule has 0 heterocycles. The Morgan fingerprint density at radius 2 is 2.15 bits per heavy atom. The molecular formula is C11H16BrN. The number of aryl methyl sites for hydroxylation is 1. The highest BCUT2D eigenvalue weighted by atomic mass is 79.9. The summed E-state index contributed by atoms with van der Waals surface area (Å²) in [6.07, 6.45) is 1.14. The summed E-state index contributed by atoms with van der Waals surface area (Å²) in [6, 6.07) is 6.89. The molecule has 1 nitrogen and oxygen atoms in total. The van der Waals surface area contributed by atoms with E-state index in [4.69, 9.17) is 0 Å². The van der Waals surface area contributed by atoms with Crippen molar-refractivity contribution < 1.29 is 0 Å². The molecule has 1 atom stereocenters. The Hall–Kier alpha value is -0.500. The molecule has 0 fully saturated rings. The second-order valence-corrected chi connectivity index (χ2v) is 4.29. The van der Waals surface area contributed by atoms with Crippen LogP contribution < -0.4 is 5.32 Å². The van der Waals surface area contributed by atoms with Gasteiger partial charge in [-0.1, -0.05) is 13.0 Å². The summed E-state index contributed by atoms with van der Waals surface area (Å²) in [5.41, 5.74) is 2.46. The highest BCUT2D eigenvalue weighted by Crippen LogP contribution is 2.24. The van der Waals surface area contributed by atoms with Crippen LogP contribution in [-0.4, -0.2) is 6.04 Å². The Balaban J connectivity index is 2.77. The van der Waals surface area contributed by atoms with Crippen LogP contribution in [0, 0.1) is 6.92 Å². The standard InChI is InChI=1S/C11H16BrN/c1-4-9(3)13-11-6-5-8(2)7-10(11)12/h5-7,9,13H,4H2,1-3H3. The molecule has 1 rings (SSSR count). The minimum Gasteiger partial charge on any atom is -0.382 e. The fourth-order valence-electron chi connectivity index (χ4n) is 1.10. The summed E-state index contributed by atoms with van der Waals surface area (Å²) in [4.78, 5) is 0. The van der Waals surface area contributed by atoms with E-state index in [0.717, 1.165) is 10.9 Å². The molecule has 0 amide bonds. The fourth-order valence-corrected chi connectivity index (χ4v) is 1.71. The Labute approximate surface area is 88.7 Å². The van der Waals surface area contributed by atoms with Crippen LogP contribution in [0.5, 0.6) is 0 Å². The molecule has 1 aromatic rings. The average Bonchev–Trinajstić information content (AvgIpc) is 2.09. The molecule has 72 valence electrons. The second-order valence-electron chi connectivity index (χ2n) is 3.44. The topological polar surface area (TPSA) is 12.0 Å². The number of benzene rings is 1. The smallest absolute Gasteiger partial charge is 0.0486 e. The highest BCUT2D eigenvalue weighted by molar-refractivity contribution is 9.10. The van der Waals surface area contributed by atoms with Gasteiger partial charge in [0.05, 0.1) is 0 Å². The summed E-state index contributed by atoms with van der Waals surface area (Å²) in [6.45, 7) is 6.46. The molecule has 1 N–H and O–H groups in total. The van der Waals surface area contributed by atoms with Gasteiger partial charge in [-0.25, -0.2) is 0 Å². The number of hydrogen-bond donors (Lipinski definition) is 1. The van der Waals surface area contributed by atoms with Crippen molar-refractivity contribution in [2.75, 3.05) is 5.32 Å². The normalized spacial score (nSPS) is 12.6. The lowest BCUT2D eigenvalue weighted by molar-refractivity contribution is 0.763. The van der Waals surface area contributed by atoms with Gasteiger partial charge in [-0.05, 0) is 53.9 Å². The summed E-state index contributed by atoms with van der Waals surface area (Å²) >= 11 is 3.54. The third-order valence-electron chi connectivity index (χ3n) is 2.14. The van der Waals surface area contributed by atoms with Gasteiger partial charge in [0.1, 0.15) is 0 Å². The molecule has 0 radical (unpaired) electrons. The first-order valence-corrected chi connectivity index (χ1v) is 5.45. The van der Waals surface area contributed by atoms with E-state index in [1.807, 2.05) is 0 Å². The maximum atomic E-state index is 3.54. The summed E-state index contributed by atoms with van der Waals surface area (Å²) in [5, 5.41) is 3.44. The Morgan fingerprint density at radius 1 is 1.46 bits per heavy atom. The molecule has 0 aliphatic rings. The van der Waals surface area contributed by atoms with E-state index in [1.54, 1.807) is 0 Å². The first-order chi connectivity index (χ1) is 6.13. The Kier molecular flexibility index (Phi) is 3.79. The van der Waals surface area contributed by atoms with Gasteiger partial charge >= 0.3 is 0 Å². The van der Waals surface area contributed by atoms with E-state index >= 15 is 0 Å². The molecule has 2 heteroatoms. The van der Waals surface area contributed by atoms with E-state index in [9.17, 15) is 0 Å². The zero-order valence-corrected chi connectivity index (χ0v) is 9.98. The largest absolute Gasteiger partial charge is 0.382 e. The molecule has 1 aromatic carbocycles. The fraction of sp³-hybridized carbons (Fsp3) is 0.455. The van der Waals surface area contributed by atoms with Gasteiger partial charge in [-0.2, -0.15) is 0 Å². The lowest BCUT2D eigenvalue weighted by Gasteiger charge is -2.14. The number of hydrogen-bond acceptors (Lipinski definition) is 1. The van der Waals surface area contributed by atoms with Crippen LogP contribution in [0.15, 0.2) is 22.7 Å². The van der Waals surface area contributed by atoms with E-state index in [1.165, 1.54) is 11.3 Å². The SMILES string of the molecule is CCC(C)Nc1ccc(C)cc1Br. The number of rotatable bonds is 3. The molecule has 0 aliphatic carbocycles. The van der Waals surface area contributed by atoms with Gasteiger partial charge in [-0.15, -0.1) is 0 Å². The third-order valence-corrected chi connectivity index (χ3v) is 2.79. The first-order valence-electron chi connectivity index (χ1n) is 4.66. The number of nitrogens with one attached hydrogen (secondary N) is 1. The predicted octanol–water partition coefficient (Wildman–Crippen LogP) is 3.97. The first kappa shape index (κ1) is 10.6. The maximum absolute atomic E-state index is 3.54. The van der Waals surface area contributed by atoms with Gasteiger partial charge in [0.25, 0.3) is 0 Å². The Bertz CT molecular complexity index is 283. The van der Waals surface area contributed by atoms with Gasteiger partial charge in [-0.3, -0.25) is 0 Å². The van der Waals surface area contributed by atoms with Crippen molar-refractivity contribution in [2.24, 2.45) is 0 Å². The van der Waals surface area contributed by atoms with Crippen LogP contribution in [0.2, 0.25) is 0 Å². The van der Waals surface area contributed by atoms with Crippen molar-refractivity contribution in [3.05, 3.63) is 28.2 Å². The van der Waals surface area contributed by atoms with Gasteiger partial charge in [0.2, 0.25) is 0 Å². The number of halogens is 1. The van der Waals surface area contributed by atoms with Crippen LogP contribution in [0.4, 0.5) is 5.69 Å². The summed E-state index contributed by atoms with van der Waals surface area (Å²) in [5.74, 6) is 0. The van der Waals surface area contributed by atoms with Crippen LogP contribution in [0.25, 0.3) is 0 Å². The molecule has 0 aliphatic heterocycles. The third kappa shape index (κ3) is 3.03. The van der Waals surface area contributed by atoms with Crippen LogP contribution in [0.3, 0.4) is 0 Å². The summed E-state index contributed by atoms with van der Waals surface area (Å²) in [7, 11) is 0. The van der Waals surface area contributed by atoms with Crippen molar-refractivity contribution in [3.63, 3.8) is 0 Å². The highest BCUT2D eigenvalue weighted by Gasteiger charge is 2.02. The van der Waals surface area contributed by atoms with Crippen molar-refractivity contribution in [1.29, 1.82) is 0 Å². The lowest BCUT2D eigenvalue weighted by atomic mass is 10.2. The van der Waals surface area contributed by atoms with E-state index in [2.05, 4.69) is 60.2 Å². The molecule has 13 heavy (non-hydrogen) atoms. The van der Waals surface area contributed by atoms with Crippen molar-refractivity contribution >= 4 is 21.6 Å². The quantitative estimate of drug-likeness (QED) is 0.845. The minimum absolute atomic E-state index is 0.527. The van der Waals surface area contributed by atoms with Gasteiger partial charge < -0.3 is 5.32 Å². The van der Waals surface area contributed by atoms with Crippen molar-refractivity contribution in [1.82, 2.24) is 0 Å². The van der Waals surface area contributed by atoms with Crippen LogP contribution in [-0.2, 0) is 0 Å². The van der Waals surface area contributed by atoms with Crippen molar-refractivity contribution in [2.45, 2.75) is 33.2 Å². The number of anilines is 1. The van der Waals surface area contributed by atoms with E-state index < -0.39 is 0 Å². The molecule has 0 aromatic heterocycles. The molecule has 1 unspecified atom stereocenters. The van der Waals surface area contributed by atoms with E-state index in [-0.39, 0.29) is 0 Å². The predicted molar refractivity (Wildman–Crippen MR) is 62.3 cm³/mol. The van der Waals surface area contributed by atoms with Gasteiger partial charge in [0, 0.05) is 16.2 Å². The zero-order valence-electron chi connectivity index (χ0n) is 8.39. The van der Waals surface area contributed by atoms with Crippen molar-refractivity contribution in [3.8, 4) is 0 Å². The molecular weight excluding hydrogens is 226 g/mol. The molecule has 0 saturated heterocycles. The summed E-state index contributed by atoms with van der Waals surface area (Å²) < 4.78 is 1.15. The van der Waals surface area contributed by atoms with Gasteiger partial charge in [0.15, 0.2) is 0 Å². The maximum Gasteiger partial charge on any atom is 0.0486 e. The zero-order chi connectivity index (χ0) is 9.84. The van der Waals surface area contributed by atoms with Crippen LogP contribution >= 0.6 is 15.9 Å². The second kappa shape index (κ2) is 4.66. The molecule has 0 saturated carbocycles. The minimum atomic E-state index is 0.527. The Morgan fingerprint density at radius 3 is 2.69 bits per heavy atom. The lowest BCUT2D eigenvalue weighted by Crippen LogP contribution is -2.13. The monoisotopic (exact) mass is 241 g/mol. The van der Waals surface area contributed by atoms with Crippen LogP contribution in [0.1, 0.15) is 25.8 Å².